The maximum Gasteiger partial charge on any atom is 0.321 e. The van der Waals surface area contributed by atoms with Crippen LogP contribution in [0.25, 0.3) is 5.65 Å². The first kappa shape index (κ1) is 14.0. The van der Waals surface area contributed by atoms with Crippen molar-refractivity contribution >= 4 is 17.6 Å². The van der Waals surface area contributed by atoms with Crippen LogP contribution in [0.3, 0.4) is 0 Å². The number of hydrogen-bond donors (Lipinski definition) is 2. The van der Waals surface area contributed by atoms with Gasteiger partial charge in [-0.15, -0.1) is 10.2 Å². The van der Waals surface area contributed by atoms with Crippen LogP contribution in [-0.2, 0) is 6.42 Å². The molecule has 22 heavy (non-hydrogen) atoms. The second-order valence-electron chi connectivity index (χ2n) is 4.71. The topological polar surface area (TPSA) is 71.3 Å². The van der Waals surface area contributed by atoms with E-state index in [2.05, 4.69) is 20.8 Å². The summed E-state index contributed by atoms with van der Waals surface area (Å²) in [7, 11) is 0. The average molecular weight is 299 g/mol. The SMILES string of the molecule is O=C(NCCc1cccc(F)c1)Nc1nnc2ccccn12. The second kappa shape index (κ2) is 6.21. The van der Waals surface area contributed by atoms with Gasteiger partial charge in [-0.25, -0.2) is 9.18 Å². The highest BCUT2D eigenvalue weighted by Crippen LogP contribution is 2.07. The Labute approximate surface area is 126 Å². The molecule has 1 aromatic carbocycles. The number of aromatic nitrogens is 3. The summed E-state index contributed by atoms with van der Waals surface area (Å²) in [6, 6.07) is 11.4. The van der Waals surface area contributed by atoms with Gasteiger partial charge in [0.05, 0.1) is 0 Å². The van der Waals surface area contributed by atoms with Gasteiger partial charge in [-0.3, -0.25) is 9.72 Å². The largest absolute Gasteiger partial charge is 0.337 e. The van der Waals surface area contributed by atoms with Crippen molar-refractivity contribution in [1.82, 2.24) is 19.9 Å². The lowest BCUT2D eigenvalue weighted by molar-refractivity contribution is 0.252. The Morgan fingerprint density at radius 3 is 2.95 bits per heavy atom. The van der Waals surface area contributed by atoms with Crippen LogP contribution in [0.1, 0.15) is 5.56 Å². The zero-order valence-corrected chi connectivity index (χ0v) is 11.7. The quantitative estimate of drug-likeness (QED) is 0.776. The van der Waals surface area contributed by atoms with Gasteiger partial charge in [0.15, 0.2) is 5.65 Å². The van der Waals surface area contributed by atoms with Crippen molar-refractivity contribution in [3.05, 3.63) is 60.0 Å². The van der Waals surface area contributed by atoms with Crippen LogP contribution in [0.5, 0.6) is 0 Å². The first-order valence-electron chi connectivity index (χ1n) is 6.81. The number of carbonyl (C=O) groups is 1. The fourth-order valence-corrected chi connectivity index (χ4v) is 2.09. The zero-order chi connectivity index (χ0) is 15.4. The molecule has 0 aliphatic rings. The fraction of sp³-hybridized carbons (Fsp3) is 0.133. The van der Waals surface area contributed by atoms with E-state index in [1.165, 1.54) is 12.1 Å². The molecule has 0 saturated carbocycles. The summed E-state index contributed by atoms with van der Waals surface area (Å²) >= 11 is 0. The van der Waals surface area contributed by atoms with Crippen molar-refractivity contribution in [2.75, 3.05) is 11.9 Å². The molecule has 6 nitrogen and oxygen atoms in total. The number of amides is 2. The maximum atomic E-state index is 13.0. The first-order valence-corrected chi connectivity index (χ1v) is 6.81. The van der Waals surface area contributed by atoms with Gasteiger partial charge in [-0.05, 0) is 36.2 Å². The number of pyridine rings is 1. The van der Waals surface area contributed by atoms with Crippen molar-refractivity contribution in [3.8, 4) is 0 Å². The number of rotatable bonds is 4. The molecular weight excluding hydrogens is 285 g/mol. The van der Waals surface area contributed by atoms with E-state index in [4.69, 9.17) is 0 Å². The monoisotopic (exact) mass is 299 g/mol. The van der Waals surface area contributed by atoms with E-state index in [-0.39, 0.29) is 11.8 Å². The van der Waals surface area contributed by atoms with Crippen LogP contribution in [-0.4, -0.2) is 27.2 Å². The van der Waals surface area contributed by atoms with Crippen molar-refractivity contribution < 1.29 is 9.18 Å². The fourth-order valence-electron chi connectivity index (χ4n) is 2.09. The Morgan fingerprint density at radius 1 is 1.18 bits per heavy atom. The molecule has 2 heterocycles. The highest BCUT2D eigenvalue weighted by molar-refractivity contribution is 5.87. The van der Waals surface area contributed by atoms with Gasteiger partial charge in [0.1, 0.15) is 5.82 Å². The van der Waals surface area contributed by atoms with Crippen LogP contribution in [0, 0.1) is 5.82 Å². The normalized spacial score (nSPS) is 10.6. The molecular formula is C15H14FN5O. The summed E-state index contributed by atoms with van der Waals surface area (Å²) in [5, 5.41) is 13.2. The second-order valence-corrected chi connectivity index (χ2v) is 4.71. The molecule has 2 N–H and O–H groups in total. The minimum Gasteiger partial charge on any atom is -0.337 e. The summed E-state index contributed by atoms with van der Waals surface area (Å²) in [6.45, 7) is 0.395. The number of benzene rings is 1. The Hall–Kier alpha value is -2.96. The van der Waals surface area contributed by atoms with E-state index < -0.39 is 0 Å². The lowest BCUT2D eigenvalue weighted by atomic mass is 10.1. The van der Waals surface area contributed by atoms with Gasteiger partial charge < -0.3 is 5.32 Å². The van der Waals surface area contributed by atoms with Crippen molar-refractivity contribution in [2.45, 2.75) is 6.42 Å². The minimum absolute atomic E-state index is 0.281. The molecule has 3 aromatic rings. The summed E-state index contributed by atoms with van der Waals surface area (Å²) < 4.78 is 14.7. The smallest absolute Gasteiger partial charge is 0.321 e. The molecule has 2 amide bonds. The number of nitrogens with one attached hydrogen (secondary N) is 2. The first-order chi connectivity index (χ1) is 10.7. The molecule has 0 aliphatic carbocycles. The molecule has 0 saturated heterocycles. The van der Waals surface area contributed by atoms with Crippen molar-refractivity contribution in [2.24, 2.45) is 0 Å². The third-order valence-electron chi connectivity index (χ3n) is 3.13. The van der Waals surface area contributed by atoms with Gasteiger partial charge in [0.25, 0.3) is 0 Å². The summed E-state index contributed by atoms with van der Waals surface area (Å²) in [4.78, 5) is 11.8. The Morgan fingerprint density at radius 2 is 2.09 bits per heavy atom. The van der Waals surface area contributed by atoms with E-state index in [1.807, 2.05) is 18.2 Å². The highest BCUT2D eigenvalue weighted by atomic mass is 19.1. The summed E-state index contributed by atoms with van der Waals surface area (Å²) in [5.41, 5.74) is 1.48. The number of halogens is 1. The highest BCUT2D eigenvalue weighted by Gasteiger charge is 2.08. The predicted molar refractivity (Wildman–Crippen MR) is 80.1 cm³/mol. The zero-order valence-electron chi connectivity index (χ0n) is 11.7. The third kappa shape index (κ3) is 3.20. The predicted octanol–water partition coefficient (Wildman–Crippen LogP) is 2.23. The van der Waals surface area contributed by atoms with E-state index in [0.29, 0.717) is 24.6 Å². The molecule has 0 atom stereocenters. The number of carbonyl (C=O) groups excluding carboxylic acids is 1. The average Bonchev–Trinajstić information content (AvgIpc) is 2.91. The molecule has 112 valence electrons. The molecule has 0 spiro atoms. The van der Waals surface area contributed by atoms with Gasteiger partial charge in [-0.1, -0.05) is 18.2 Å². The Kier molecular flexibility index (Phi) is 3.95. The van der Waals surface area contributed by atoms with E-state index in [9.17, 15) is 9.18 Å². The van der Waals surface area contributed by atoms with Gasteiger partial charge in [-0.2, -0.15) is 0 Å². The minimum atomic E-state index is -0.380. The van der Waals surface area contributed by atoms with Crippen LogP contribution in [0.2, 0.25) is 0 Å². The Balaban J connectivity index is 1.54. The number of nitrogens with zero attached hydrogens (tertiary/aromatic N) is 3. The molecule has 3 rings (SSSR count). The number of anilines is 1. The van der Waals surface area contributed by atoms with Crippen LogP contribution in [0.4, 0.5) is 15.1 Å². The molecule has 2 aromatic heterocycles. The molecule has 0 fully saturated rings. The molecule has 0 aliphatic heterocycles. The lowest BCUT2D eigenvalue weighted by Gasteiger charge is -2.06. The molecule has 0 bridgehead atoms. The summed E-state index contributed by atoms with van der Waals surface area (Å²) in [5.74, 6) is 0.0655. The number of fused-ring (bicyclic) bond motifs is 1. The third-order valence-corrected chi connectivity index (χ3v) is 3.13. The van der Waals surface area contributed by atoms with Crippen LogP contribution >= 0.6 is 0 Å². The van der Waals surface area contributed by atoms with Gasteiger partial charge >= 0.3 is 6.03 Å². The number of hydrogen-bond acceptors (Lipinski definition) is 3. The lowest BCUT2D eigenvalue weighted by Crippen LogP contribution is -2.31. The molecule has 0 unspecified atom stereocenters. The van der Waals surface area contributed by atoms with Crippen molar-refractivity contribution in [1.29, 1.82) is 0 Å². The molecule has 0 radical (unpaired) electrons. The standard InChI is InChI=1S/C15H14FN5O/c16-12-5-3-4-11(10-12)7-8-17-15(22)18-14-20-19-13-6-1-2-9-21(13)14/h1-6,9-10H,7-8H2,(H2,17,18,20,22). The maximum absolute atomic E-state index is 13.0. The molecule has 7 heteroatoms. The number of urea groups is 1. The van der Waals surface area contributed by atoms with Gasteiger partial charge in [0, 0.05) is 12.7 Å². The summed E-state index contributed by atoms with van der Waals surface area (Å²) in [6.07, 6.45) is 2.31. The van der Waals surface area contributed by atoms with Crippen LogP contribution < -0.4 is 10.6 Å². The van der Waals surface area contributed by atoms with E-state index in [0.717, 1.165) is 5.56 Å². The van der Waals surface area contributed by atoms with E-state index in [1.54, 1.807) is 22.7 Å². The van der Waals surface area contributed by atoms with Gasteiger partial charge in [0.2, 0.25) is 5.95 Å². The van der Waals surface area contributed by atoms with Crippen LogP contribution in [0.15, 0.2) is 48.7 Å². The van der Waals surface area contributed by atoms with Crippen molar-refractivity contribution in [3.63, 3.8) is 0 Å². The Bertz CT molecular complexity index is 801. The van der Waals surface area contributed by atoms with E-state index >= 15 is 0 Å².